The van der Waals surface area contributed by atoms with Gasteiger partial charge in [0.15, 0.2) is 0 Å². The second-order valence-electron chi connectivity index (χ2n) is 3.80. The van der Waals surface area contributed by atoms with Gasteiger partial charge in [-0.1, -0.05) is 0 Å². The lowest BCUT2D eigenvalue weighted by Crippen LogP contribution is -2.52. The summed E-state index contributed by atoms with van der Waals surface area (Å²) in [4.78, 5) is 1.22. The van der Waals surface area contributed by atoms with E-state index in [1.54, 1.807) is 11.3 Å². The van der Waals surface area contributed by atoms with Crippen LogP contribution in [0, 0.1) is 0 Å². The van der Waals surface area contributed by atoms with E-state index in [0.717, 1.165) is 23.7 Å². The molecule has 2 nitrogen and oxygen atoms in total. The van der Waals surface area contributed by atoms with Crippen LogP contribution < -0.4 is 5.73 Å². The first kappa shape index (κ1) is 9.65. The quantitative estimate of drug-likeness (QED) is 0.855. The lowest BCUT2D eigenvalue weighted by Gasteiger charge is -2.41. The Morgan fingerprint density at radius 1 is 1.69 bits per heavy atom. The number of rotatable bonds is 2. The highest BCUT2D eigenvalue weighted by Gasteiger charge is 2.40. The van der Waals surface area contributed by atoms with Crippen molar-refractivity contribution >= 4 is 27.3 Å². The molecular weight excluding hydrogens is 250 g/mol. The molecule has 0 amide bonds. The minimum atomic E-state index is -0.524. The maximum Gasteiger partial charge on any atom is 0.0725 e. The summed E-state index contributed by atoms with van der Waals surface area (Å²) in [5, 5.41) is 12.0. The Morgan fingerprint density at radius 2 is 2.38 bits per heavy atom. The Bertz CT molecular complexity index is 306. The van der Waals surface area contributed by atoms with Gasteiger partial charge < -0.3 is 10.8 Å². The summed E-state index contributed by atoms with van der Waals surface area (Å²) in [7, 11) is 0. The van der Waals surface area contributed by atoms with Gasteiger partial charge in [0.2, 0.25) is 0 Å². The molecule has 13 heavy (non-hydrogen) atoms. The fourth-order valence-corrected chi connectivity index (χ4v) is 3.42. The zero-order valence-corrected chi connectivity index (χ0v) is 9.57. The number of halogens is 1. The molecule has 0 atom stereocenters. The summed E-state index contributed by atoms with van der Waals surface area (Å²) in [6, 6.07) is 2.26. The maximum atomic E-state index is 9.95. The van der Waals surface area contributed by atoms with Crippen LogP contribution in [0.25, 0.3) is 0 Å². The van der Waals surface area contributed by atoms with Gasteiger partial charge in [-0.2, -0.15) is 0 Å². The molecule has 0 aromatic carbocycles. The molecule has 2 rings (SSSR count). The molecule has 72 valence electrons. The monoisotopic (exact) mass is 261 g/mol. The summed E-state index contributed by atoms with van der Waals surface area (Å²) >= 11 is 5.07. The summed E-state index contributed by atoms with van der Waals surface area (Å²) in [6.45, 7) is 0. The second kappa shape index (κ2) is 3.35. The van der Waals surface area contributed by atoms with E-state index in [2.05, 4.69) is 22.0 Å². The minimum Gasteiger partial charge on any atom is -0.389 e. The molecule has 1 saturated carbocycles. The normalized spacial score (nSPS) is 33.0. The predicted octanol–water partition coefficient (Wildman–Crippen LogP) is 1.91. The molecule has 1 aromatic heterocycles. The molecule has 1 aliphatic carbocycles. The van der Waals surface area contributed by atoms with E-state index in [1.165, 1.54) is 4.88 Å². The van der Waals surface area contributed by atoms with Crippen LogP contribution in [0.15, 0.2) is 15.9 Å². The standard InChI is InChI=1S/C9H12BrNOS/c10-6-1-8(13-5-6)4-9(12)2-7(11)3-9/h1,5,7,12H,2-4,11H2. The fraction of sp³-hybridized carbons (Fsp3) is 0.556. The molecule has 0 unspecified atom stereocenters. The maximum absolute atomic E-state index is 9.95. The van der Waals surface area contributed by atoms with E-state index < -0.39 is 5.60 Å². The zero-order valence-electron chi connectivity index (χ0n) is 7.16. The van der Waals surface area contributed by atoms with Crippen LogP contribution in [-0.4, -0.2) is 16.7 Å². The van der Waals surface area contributed by atoms with Crippen molar-refractivity contribution in [3.05, 3.63) is 20.8 Å². The smallest absolute Gasteiger partial charge is 0.0725 e. The van der Waals surface area contributed by atoms with Crippen LogP contribution in [0.5, 0.6) is 0 Å². The van der Waals surface area contributed by atoms with Crippen LogP contribution in [0.1, 0.15) is 17.7 Å². The van der Waals surface area contributed by atoms with Crippen LogP contribution in [0.2, 0.25) is 0 Å². The summed E-state index contributed by atoms with van der Waals surface area (Å²) in [5.74, 6) is 0. The van der Waals surface area contributed by atoms with Gasteiger partial charge in [0.05, 0.1) is 5.60 Å². The first-order chi connectivity index (χ1) is 6.07. The lowest BCUT2D eigenvalue weighted by atomic mass is 9.74. The molecule has 1 heterocycles. The van der Waals surface area contributed by atoms with Crippen molar-refractivity contribution < 1.29 is 5.11 Å². The van der Waals surface area contributed by atoms with Crippen molar-refractivity contribution in [1.82, 2.24) is 0 Å². The van der Waals surface area contributed by atoms with Crippen molar-refractivity contribution in [2.45, 2.75) is 30.9 Å². The number of hydrogen-bond donors (Lipinski definition) is 2. The molecular formula is C9H12BrNOS. The van der Waals surface area contributed by atoms with Gasteiger partial charge in [0.1, 0.15) is 0 Å². The van der Waals surface area contributed by atoms with Crippen LogP contribution in [0.4, 0.5) is 0 Å². The van der Waals surface area contributed by atoms with Gasteiger partial charge in [-0.15, -0.1) is 11.3 Å². The fourth-order valence-electron chi connectivity index (χ4n) is 1.83. The Kier molecular flexibility index (Phi) is 2.49. The highest BCUT2D eigenvalue weighted by Crippen LogP contribution is 2.35. The largest absolute Gasteiger partial charge is 0.389 e. The van der Waals surface area contributed by atoms with Gasteiger partial charge >= 0.3 is 0 Å². The van der Waals surface area contributed by atoms with Gasteiger partial charge in [-0.25, -0.2) is 0 Å². The van der Waals surface area contributed by atoms with E-state index in [1.807, 2.05) is 5.38 Å². The molecule has 3 N–H and O–H groups in total. The minimum absolute atomic E-state index is 0.202. The third kappa shape index (κ3) is 2.13. The Hall–Kier alpha value is 0.1000. The van der Waals surface area contributed by atoms with Crippen LogP contribution in [-0.2, 0) is 6.42 Å². The zero-order chi connectivity index (χ0) is 9.47. The van der Waals surface area contributed by atoms with Crippen molar-refractivity contribution in [3.63, 3.8) is 0 Å². The van der Waals surface area contributed by atoms with Gasteiger partial charge in [-0.3, -0.25) is 0 Å². The van der Waals surface area contributed by atoms with E-state index in [4.69, 9.17) is 5.73 Å². The van der Waals surface area contributed by atoms with E-state index >= 15 is 0 Å². The summed E-state index contributed by atoms with van der Waals surface area (Å²) in [6.07, 6.45) is 2.22. The number of nitrogens with two attached hydrogens (primary N) is 1. The van der Waals surface area contributed by atoms with E-state index in [0.29, 0.717) is 0 Å². The molecule has 0 radical (unpaired) electrons. The molecule has 4 heteroatoms. The highest BCUT2D eigenvalue weighted by atomic mass is 79.9. The van der Waals surface area contributed by atoms with E-state index in [-0.39, 0.29) is 6.04 Å². The molecule has 1 fully saturated rings. The summed E-state index contributed by atoms with van der Waals surface area (Å²) in [5.41, 5.74) is 5.12. The Morgan fingerprint density at radius 3 is 2.85 bits per heavy atom. The second-order valence-corrected chi connectivity index (χ2v) is 5.71. The topological polar surface area (TPSA) is 46.2 Å². The van der Waals surface area contributed by atoms with E-state index in [9.17, 15) is 5.11 Å². The lowest BCUT2D eigenvalue weighted by molar-refractivity contribution is -0.0448. The average molecular weight is 262 g/mol. The summed E-state index contributed by atoms with van der Waals surface area (Å²) < 4.78 is 1.10. The first-order valence-corrected chi connectivity index (χ1v) is 5.96. The predicted molar refractivity (Wildman–Crippen MR) is 57.9 cm³/mol. The third-order valence-corrected chi connectivity index (χ3v) is 4.11. The molecule has 0 bridgehead atoms. The van der Waals surface area contributed by atoms with Crippen LogP contribution >= 0.6 is 27.3 Å². The average Bonchev–Trinajstić information content (AvgIpc) is 2.32. The molecule has 0 saturated heterocycles. The third-order valence-electron chi connectivity index (χ3n) is 2.41. The van der Waals surface area contributed by atoms with Gasteiger partial charge in [0.25, 0.3) is 0 Å². The molecule has 0 aliphatic heterocycles. The SMILES string of the molecule is NC1CC(O)(Cc2cc(Br)cs2)C1. The number of hydrogen-bond acceptors (Lipinski definition) is 3. The molecule has 1 aromatic rings. The van der Waals surface area contributed by atoms with Crippen molar-refractivity contribution in [2.24, 2.45) is 5.73 Å². The van der Waals surface area contributed by atoms with Crippen molar-refractivity contribution in [1.29, 1.82) is 0 Å². The van der Waals surface area contributed by atoms with Crippen molar-refractivity contribution in [3.8, 4) is 0 Å². The van der Waals surface area contributed by atoms with Crippen molar-refractivity contribution in [2.75, 3.05) is 0 Å². The molecule has 0 spiro atoms. The van der Waals surface area contributed by atoms with Gasteiger partial charge in [0, 0.05) is 27.2 Å². The van der Waals surface area contributed by atoms with Crippen LogP contribution in [0.3, 0.4) is 0 Å². The number of thiophene rings is 1. The number of aliphatic hydroxyl groups is 1. The highest BCUT2D eigenvalue weighted by molar-refractivity contribution is 9.10. The Balaban J connectivity index is 1.99. The van der Waals surface area contributed by atoms with Gasteiger partial charge in [-0.05, 0) is 34.8 Å². The molecule has 1 aliphatic rings. The first-order valence-electron chi connectivity index (χ1n) is 4.28. The Labute approximate surface area is 89.9 Å².